The quantitative estimate of drug-likeness (QED) is 0.147. The lowest BCUT2D eigenvalue weighted by Crippen LogP contribution is -2.27. The van der Waals surface area contributed by atoms with Crippen LogP contribution in [0, 0.1) is 0 Å². The first-order chi connectivity index (χ1) is 21.9. The summed E-state index contributed by atoms with van der Waals surface area (Å²) < 4.78 is 5.36. The molecule has 1 unspecified atom stereocenters. The van der Waals surface area contributed by atoms with E-state index in [1.807, 2.05) is 113 Å². The summed E-state index contributed by atoms with van der Waals surface area (Å²) in [5.41, 5.74) is 3.80. The van der Waals surface area contributed by atoms with Crippen molar-refractivity contribution >= 4 is 52.0 Å². The average Bonchev–Trinajstić information content (AvgIpc) is 3.02. The molecule has 5 rings (SSSR count). The monoisotopic (exact) mass is 634 g/mol. The molecule has 236 valence electrons. The molecule has 2 amide bonds. The lowest BCUT2D eigenvalue weighted by atomic mass is 10.1. The topological polar surface area (TPSA) is 118 Å². The summed E-state index contributed by atoms with van der Waals surface area (Å²) in [5.74, 6) is 0.657. The van der Waals surface area contributed by atoms with Gasteiger partial charge in [0.25, 0.3) is 5.91 Å². The number of rotatable bonds is 9. The van der Waals surface area contributed by atoms with E-state index in [1.165, 1.54) is 18.1 Å². The second-order valence-corrected chi connectivity index (χ2v) is 13.3. The lowest BCUT2D eigenvalue weighted by Gasteiger charge is -2.19. The molecule has 5 aromatic rings. The molecule has 0 spiro atoms. The maximum absolute atomic E-state index is 13.4. The zero-order valence-corrected chi connectivity index (χ0v) is 27.6. The number of hydrogen-bond acceptors (Lipinski definition) is 8. The zero-order chi connectivity index (χ0) is 32.8. The first-order valence-electron chi connectivity index (χ1n) is 15.1. The normalized spacial score (nSPS) is 12.1. The van der Waals surface area contributed by atoms with Crippen LogP contribution in [0.2, 0.25) is 0 Å². The molecule has 0 fully saturated rings. The van der Waals surface area contributed by atoms with Crippen molar-refractivity contribution in [2.24, 2.45) is 0 Å². The number of pyridine rings is 1. The number of anilines is 3. The number of aromatic nitrogens is 3. The third-order valence-electron chi connectivity index (χ3n) is 6.98. The molecule has 1 atom stereocenters. The highest BCUT2D eigenvalue weighted by atomic mass is 32.2. The molecule has 2 aromatic heterocycles. The van der Waals surface area contributed by atoms with E-state index in [0.29, 0.717) is 28.4 Å². The molecule has 3 N–H and O–H groups in total. The van der Waals surface area contributed by atoms with Crippen molar-refractivity contribution in [1.29, 1.82) is 0 Å². The second-order valence-electron chi connectivity index (χ2n) is 12.2. The van der Waals surface area contributed by atoms with E-state index in [4.69, 9.17) is 9.72 Å². The Bertz CT molecular complexity index is 1840. The van der Waals surface area contributed by atoms with Crippen LogP contribution in [0.5, 0.6) is 0 Å². The highest BCUT2D eigenvalue weighted by Crippen LogP contribution is 2.37. The molecule has 3 aromatic carbocycles. The molecular formula is C36H38N6O3S. The minimum absolute atomic E-state index is 0.168. The van der Waals surface area contributed by atoms with Crippen LogP contribution in [0.25, 0.3) is 11.0 Å². The van der Waals surface area contributed by atoms with E-state index in [1.54, 1.807) is 0 Å². The van der Waals surface area contributed by atoms with E-state index in [0.717, 1.165) is 26.4 Å². The fraction of sp³-hybridized carbons (Fsp3) is 0.250. The first kappa shape index (κ1) is 32.4. The van der Waals surface area contributed by atoms with Crippen LogP contribution in [0.15, 0.2) is 101 Å². The standard InChI is InChI=1S/C36H38N6O3S/c1-22(2)29-18-17-28-32(41-29)37-21-38-33(28)42-30-20-25(34(43)39-23(3)24-10-8-7-9-11-24)12-19-31(30)46-27-15-13-26(14-16-27)40-35(44)45-36(4,5)6/h7-23H,1-6H3,(H,39,43)(H,40,44)(H,37,38,41,42). The number of amides is 2. The summed E-state index contributed by atoms with van der Waals surface area (Å²) in [6, 6.07) is 26.7. The Hall–Kier alpha value is -4.96. The van der Waals surface area contributed by atoms with Gasteiger partial charge in [-0.25, -0.2) is 19.7 Å². The summed E-state index contributed by atoms with van der Waals surface area (Å²) in [7, 11) is 0. The predicted molar refractivity (Wildman–Crippen MR) is 184 cm³/mol. The summed E-state index contributed by atoms with van der Waals surface area (Å²) in [6.45, 7) is 11.6. The average molecular weight is 635 g/mol. The van der Waals surface area contributed by atoms with E-state index in [2.05, 4.69) is 39.8 Å². The Balaban J connectivity index is 1.43. The van der Waals surface area contributed by atoms with Gasteiger partial charge in [-0.1, -0.05) is 55.9 Å². The van der Waals surface area contributed by atoms with Gasteiger partial charge < -0.3 is 15.4 Å². The molecule has 0 saturated carbocycles. The third-order valence-corrected chi connectivity index (χ3v) is 8.06. The number of ether oxygens (including phenoxy) is 1. The molecule has 0 aliphatic heterocycles. The van der Waals surface area contributed by atoms with Gasteiger partial charge in [0, 0.05) is 26.7 Å². The molecule has 0 saturated heterocycles. The molecule has 0 aliphatic carbocycles. The number of nitrogens with one attached hydrogen (secondary N) is 3. The Morgan fingerprint density at radius 3 is 2.30 bits per heavy atom. The highest BCUT2D eigenvalue weighted by molar-refractivity contribution is 7.99. The van der Waals surface area contributed by atoms with Gasteiger partial charge in [0.05, 0.1) is 17.1 Å². The van der Waals surface area contributed by atoms with Crippen LogP contribution < -0.4 is 16.0 Å². The smallest absolute Gasteiger partial charge is 0.412 e. The SMILES string of the molecule is CC(C)c1ccc2c(Nc3cc(C(=O)NC(C)c4ccccc4)ccc3Sc3ccc(NC(=O)OC(C)(C)C)cc3)ncnc2n1. The zero-order valence-electron chi connectivity index (χ0n) is 26.8. The van der Waals surface area contributed by atoms with Crippen LogP contribution in [-0.4, -0.2) is 32.6 Å². The van der Waals surface area contributed by atoms with Crippen LogP contribution in [0.1, 0.15) is 75.1 Å². The fourth-order valence-electron chi connectivity index (χ4n) is 4.62. The number of nitrogens with zero attached hydrogens (tertiary/aromatic N) is 3. The Morgan fingerprint density at radius 1 is 0.870 bits per heavy atom. The van der Waals surface area contributed by atoms with E-state index >= 15 is 0 Å². The van der Waals surface area contributed by atoms with Crippen LogP contribution >= 0.6 is 11.8 Å². The van der Waals surface area contributed by atoms with Gasteiger partial charge in [0.1, 0.15) is 17.7 Å². The fourth-order valence-corrected chi connectivity index (χ4v) is 5.51. The number of hydrogen-bond donors (Lipinski definition) is 3. The van der Waals surface area contributed by atoms with E-state index in [9.17, 15) is 9.59 Å². The molecular weight excluding hydrogens is 597 g/mol. The van der Waals surface area contributed by atoms with Crippen molar-refractivity contribution in [1.82, 2.24) is 20.3 Å². The Kier molecular flexibility index (Phi) is 9.87. The Morgan fingerprint density at radius 2 is 1.61 bits per heavy atom. The summed E-state index contributed by atoms with van der Waals surface area (Å²) >= 11 is 1.52. The Labute approximate surface area is 273 Å². The molecule has 0 radical (unpaired) electrons. The number of carbonyl (C=O) groups excluding carboxylic acids is 2. The van der Waals surface area contributed by atoms with Gasteiger partial charge in [-0.05, 0) is 93.8 Å². The van der Waals surface area contributed by atoms with Crippen molar-refractivity contribution in [3.63, 3.8) is 0 Å². The number of benzene rings is 3. The second kappa shape index (κ2) is 14.0. The molecule has 0 aliphatic rings. The van der Waals surface area contributed by atoms with E-state index < -0.39 is 11.7 Å². The number of fused-ring (bicyclic) bond motifs is 1. The largest absolute Gasteiger partial charge is 0.444 e. The third kappa shape index (κ3) is 8.39. The van der Waals surface area contributed by atoms with Crippen molar-refractivity contribution in [3.05, 3.63) is 108 Å². The van der Waals surface area contributed by atoms with Crippen LogP contribution in [0.3, 0.4) is 0 Å². The molecule has 2 heterocycles. The minimum Gasteiger partial charge on any atom is -0.444 e. The number of carbonyl (C=O) groups is 2. The van der Waals surface area contributed by atoms with E-state index in [-0.39, 0.29) is 17.9 Å². The minimum atomic E-state index is -0.590. The van der Waals surface area contributed by atoms with Gasteiger partial charge in [0.2, 0.25) is 0 Å². The maximum Gasteiger partial charge on any atom is 0.412 e. The van der Waals surface area contributed by atoms with Crippen LogP contribution in [0.4, 0.5) is 22.0 Å². The lowest BCUT2D eigenvalue weighted by molar-refractivity contribution is 0.0635. The van der Waals surface area contributed by atoms with Crippen molar-refractivity contribution in [2.45, 2.75) is 68.9 Å². The van der Waals surface area contributed by atoms with Crippen molar-refractivity contribution < 1.29 is 14.3 Å². The van der Waals surface area contributed by atoms with Crippen molar-refractivity contribution in [3.8, 4) is 0 Å². The van der Waals surface area contributed by atoms with Gasteiger partial charge in [-0.15, -0.1) is 0 Å². The summed E-state index contributed by atoms with van der Waals surface area (Å²) in [6.07, 6.45) is 0.977. The molecule has 10 heteroatoms. The van der Waals surface area contributed by atoms with Crippen LogP contribution in [-0.2, 0) is 4.74 Å². The van der Waals surface area contributed by atoms with Gasteiger partial charge in [-0.2, -0.15) is 0 Å². The molecule has 9 nitrogen and oxygen atoms in total. The summed E-state index contributed by atoms with van der Waals surface area (Å²) in [5, 5.41) is 10.1. The first-order valence-corrected chi connectivity index (χ1v) is 15.9. The van der Waals surface area contributed by atoms with Crippen molar-refractivity contribution in [2.75, 3.05) is 10.6 Å². The van der Waals surface area contributed by atoms with Gasteiger partial charge in [-0.3, -0.25) is 10.1 Å². The summed E-state index contributed by atoms with van der Waals surface area (Å²) in [4.78, 5) is 41.1. The maximum atomic E-state index is 13.4. The van der Waals surface area contributed by atoms with Gasteiger partial charge >= 0.3 is 6.09 Å². The van der Waals surface area contributed by atoms with Gasteiger partial charge in [0.15, 0.2) is 5.65 Å². The predicted octanol–water partition coefficient (Wildman–Crippen LogP) is 8.88. The highest BCUT2D eigenvalue weighted by Gasteiger charge is 2.18. The molecule has 46 heavy (non-hydrogen) atoms. The molecule has 0 bridgehead atoms.